The standard InChI is InChI=1S/C23H27F3N8S/c1-4-6-7-22(15-32(16-22)35(5-2)23(24,25)26)34-14-18(12-29-34)21-30-19(17-11-28-31(3)13-17)10-20-27-8-9-33(20)21/h5,8-14H,4,6-7,15-16H2,1-3H3. The van der Waals surface area contributed by atoms with E-state index in [0.29, 0.717) is 18.9 Å². The van der Waals surface area contributed by atoms with Gasteiger partial charge in [0.15, 0.2) is 0 Å². The predicted octanol–water partition coefficient (Wildman–Crippen LogP) is 4.72. The lowest BCUT2D eigenvalue weighted by atomic mass is 9.86. The normalized spacial score (nSPS) is 17.2. The van der Waals surface area contributed by atoms with Gasteiger partial charge in [-0.1, -0.05) is 19.8 Å². The highest BCUT2D eigenvalue weighted by molar-refractivity contribution is 8.13. The molecule has 0 aromatic carbocycles. The average molecular weight is 505 g/mol. The van der Waals surface area contributed by atoms with Crippen molar-refractivity contribution in [3.63, 3.8) is 0 Å². The Morgan fingerprint density at radius 3 is 2.57 bits per heavy atom. The molecule has 8 nitrogen and oxygen atoms in total. The zero-order valence-electron chi connectivity index (χ0n) is 19.8. The Labute approximate surface area is 203 Å². The van der Waals surface area contributed by atoms with Crippen LogP contribution in [0.15, 0.2) is 43.2 Å². The van der Waals surface area contributed by atoms with Crippen molar-refractivity contribution in [2.45, 2.75) is 44.2 Å². The Hall–Kier alpha value is -2.99. The van der Waals surface area contributed by atoms with Crippen LogP contribution in [-0.4, -0.2) is 62.2 Å². The molecule has 0 radical (unpaired) electrons. The first-order valence-electron chi connectivity index (χ1n) is 11.5. The van der Waals surface area contributed by atoms with Crippen molar-refractivity contribution in [3.8, 4) is 22.6 Å². The van der Waals surface area contributed by atoms with Gasteiger partial charge in [-0.15, -0.1) is 0 Å². The van der Waals surface area contributed by atoms with Crippen LogP contribution >= 0.6 is 10.7 Å². The highest BCUT2D eigenvalue weighted by Gasteiger charge is 2.50. The van der Waals surface area contributed by atoms with Gasteiger partial charge in [0.1, 0.15) is 11.5 Å². The van der Waals surface area contributed by atoms with E-state index in [1.165, 1.54) is 16.6 Å². The van der Waals surface area contributed by atoms with Gasteiger partial charge in [0.25, 0.3) is 0 Å². The minimum absolute atomic E-state index is 0.310. The summed E-state index contributed by atoms with van der Waals surface area (Å²) in [6, 6.07) is 1.90. The van der Waals surface area contributed by atoms with Crippen LogP contribution in [-0.2, 0) is 12.6 Å². The van der Waals surface area contributed by atoms with Gasteiger partial charge < -0.3 is 0 Å². The largest absolute Gasteiger partial charge is 0.449 e. The molecule has 4 aromatic rings. The molecule has 35 heavy (non-hydrogen) atoms. The minimum atomic E-state index is -4.26. The molecule has 0 aliphatic carbocycles. The van der Waals surface area contributed by atoms with E-state index in [1.54, 1.807) is 23.3 Å². The monoisotopic (exact) mass is 504 g/mol. The summed E-state index contributed by atoms with van der Waals surface area (Å²) in [5.41, 5.74) is -1.60. The van der Waals surface area contributed by atoms with E-state index in [9.17, 15) is 13.2 Å². The molecule has 1 aliphatic rings. The van der Waals surface area contributed by atoms with Crippen molar-refractivity contribution in [2.75, 3.05) is 13.1 Å². The molecule has 4 aromatic heterocycles. The molecule has 1 atom stereocenters. The second-order valence-corrected chi connectivity index (χ2v) is 10.9. The van der Waals surface area contributed by atoms with Crippen LogP contribution in [0, 0.1) is 0 Å². The fourth-order valence-corrected chi connectivity index (χ4v) is 6.24. The second-order valence-electron chi connectivity index (χ2n) is 8.82. The lowest BCUT2D eigenvalue weighted by molar-refractivity contribution is -0.0433. The van der Waals surface area contributed by atoms with E-state index in [0.717, 1.165) is 41.7 Å². The summed E-state index contributed by atoms with van der Waals surface area (Å²) in [5.74, 6) is 0.670. The van der Waals surface area contributed by atoms with Crippen LogP contribution in [0.2, 0.25) is 0 Å². The maximum atomic E-state index is 13.5. The van der Waals surface area contributed by atoms with Crippen molar-refractivity contribution < 1.29 is 13.2 Å². The fourth-order valence-electron chi connectivity index (χ4n) is 4.63. The third kappa shape index (κ3) is 4.29. The number of rotatable bonds is 7. The third-order valence-electron chi connectivity index (χ3n) is 6.39. The summed E-state index contributed by atoms with van der Waals surface area (Å²) in [6.07, 6.45) is 13.5. The third-order valence-corrected chi connectivity index (χ3v) is 8.13. The molecule has 0 N–H and O–H groups in total. The number of hydrogen-bond donors (Lipinski definition) is 0. The number of hydrogen-bond acceptors (Lipinski definition) is 5. The van der Waals surface area contributed by atoms with E-state index in [4.69, 9.17) is 4.98 Å². The van der Waals surface area contributed by atoms with Gasteiger partial charge in [0.2, 0.25) is 0 Å². The quantitative estimate of drug-likeness (QED) is 0.341. The minimum Gasteiger partial charge on any atom is -0.284 e. The molecule has 0 spiro atoms. The summed E-state index contributed by atoms with van der Waals surface area (Å²) in [6.45, 7) is 4.18. The van der Waals surface area contributed by atoms with E-state index >= 15 is 0 Å². The van der Waals surface area contributed by atoms with Gasteiger partial charge in [-0.2, -0.15) is 23.4 Å². The number of aryl methyl sites for hydroxylation is 1. The molecule has 0 bridgehead atoms. The molecule has 0 saturated carbocycles. The molecule has 186 valence electrons. The molecule has 1 unspecified atom stereocenters. The van der Waals surface area contributed by atoms with Gasteiger partial charge in [0, 0.05) is 56.6 Å². The maximum Gasteiger partial charge on any atom is 0.449 e. The molecular formula is C23H27F3N8S. The smallest absolute Gasteiger partial charge is 0.284 e. The van der Waals surface area contributed by atoms with Gasteiger partial charge in [-0.3, -0.25) is 13.8 Å². The average Bonchev–Trinajstić information content (AvgIpc) is 3.54. The van der Waals surface area contributed by atoms with Crippen LogP contribution in [0.1, 0.15) is 33.1 Å². The van der Waals surface area contributed by atoms with Crippen LogP contribution in [0.5, 0.6) is 0 Å². The number of fused-ring (bicyclic) bond motifs is 1. The summed E-state index contributed by atoms with van der Waals surface area (Å²) in [7, 11) is -0.0151. The lowest BCUT2D eigenvalue weighted by Gasteiger charge is -2.51. The highest BCUT2D eigenvalue weighted by atomic mass is 32.2. The van der Waals surface area contributed by atoms with Crippen LogP contribution in [0.25, 0.3) is 28.3 Å². The Bertz CT molecular complexity index is 1380. The Morgan fingerprint density at radius 1 is 1.14 bits per heavy atom. The molecule has 1 fully saturated rings. The van der Waals surface area contributed by atoms with Crippen molar-refractivity contribution >= 4 is 21.7 Å². The van der Waals surface area contributed by atoms with E-state index in [-0.39, 0.29) is 0 Å². The topological polar surface area (TPSA) is 69.1 Å². The number of alkyl halides is 3. The Balaban J connectivity index is 1.51. The van der Waals surface area contributed by atoms with Crippen LogP contribution in [0.4, 0.5) is 13.2 Å². The van der Waals surface area contributed by atoms with Gasteiger partial charge in [-0.25, -0.2) is 14.3 Å². The van der Waals surface area contributed by atoms with Crippen molar-refractivity contribution in [2.24, 2.45) is 7.05 Å². The maximum absolute atomic E-state index is 13.5. The van der Waals surface area contributed by atoms with Crippen LogP contribution < -0.4 is 0 Å². The summed E-state index contributed by atoms with van der Waals surface area (Å²) in [4.78, 5) is 9.31. The Morgan fingerprint density at radius 2 is 1.91 bits per heavy atom. The SMILES string of the molecule is C/C=S(\N1CC(CCCC)(n2cc(-c3nc(-c4cnn(C)c4)cc4nccn34)cn2)C1)C(F)(F)F. The molecule has 5 rings (SSSR count). The van der Waals surface area contributed by atoms with Gasteiger partial charge in [-0.05, 0) is 29.4 Å². The summed E-state index contributed by atoms with van der Waals surface area (Å²) >= 11 is 0. The highest BCUT2D eigenvalue weighted by Crippen LogP contribution is 2.48. The first kappa shape index (κ1) is 23.7. The number of unbranched alkanes of at least 4 members (excludes halogenated alkanes) is 1. The number of imidazole rings is 1. The van der Waals surface area contributed by atoms with E-state index < -0.39 is 21.7 Å². The molecule has 5 heterocycles. The zero-order chi connectivity index (χ0) is 24.8. The first-order valence-corrected chi connectivity index (χ1v) is 12.7. The fraction of sp³-hybridized carbons (Fsp3) is 0.435. The Kier molecular flexibility index (Phi) is 6.04. The van der Waals surface area contributed by atoms with Gasteiger partial charge >= 0.3 is 5.51 Å². The molecule has 12 heteroatoms. The number of aromatic nitrogens is 7. The molecule has 1 aliphatic heterocycles. The lowest BCUT2D eigenvalue weighted by Crippen LogP contribution is -2.61. The zero-order valence-corrected chi connectivity index (χ0v) is 20.6. The predicted molar refractivity (Wildman–Crippen MR) is 131 cm³/mol. The number of nitrogens with zero attached hydrogens (tertiary/aromatic N) is 8. The summed E-state index contributed by atoms with van der Waals surface area (Å²) < 4.78 is 47.5. The van der Waals surface area contributed by atoms with Crippen molar-refractivity contribution in [1.29, 1.82) is 0 Å². The van der Waals surface area contributed by atoms with E-state index in [2.05, 4.69) is 22.1 Å². The second kappa shape index (κ2) is 8.90. The molecule has 1 saturated heterocycles. The summed E-state index contributed by atoms with van der Waals surface area (Å²) in [5, 5.41) is 10.1. The van der Waals surface area contributed by atoms with E-state index in [1.807, 2.05) is 40.8 Å². The molecular weight excluding hydrogens is 477 g/mol. The van der Waals surface area contributed by atoms with Gasteiger partial charge in [0.05, 0.1) is 29.2 Å². The molecule has 0 amide bonds. The number of halogens is 3. The van der Waals surface area contributed by atoms with Crippen molar-refractivity contribution in [1.82, 2.24) is 38.2 Å². The van der Waals surface area contributed by atoms with Crippen molar-refractivity contribution in [3.05, 3.63) is 43.2 Å². The van der Waals surface area contributed by atoms with Crippen LogP contribution in [0.3, 0.4) is 0 Å². The first-order chi connectivity index (χ1) is 16.7.